The van der Waals surface area contributed by atoms with Crippen LogP contribution in [-0.4, -0.2) is 85.7 Å². The van der Waals surface area contributed by atoms with Gasteiger partial charge in [-0.25, -0.2) is 14.9 Å². The topological polar surface area (TPSA) is 108 Å². The number of nitrogens with zero attached hydrogens (tertiary/aromatic N) is 2. The molecule has 0 aliphatic rings. The van der Waals surface area contributed by atoms with Gasteiger partial charge < -0.3 is 28.4 Å². The summed E-state index contributed by atoms with van der Waals surface area (Å²) in [5, 5.41) is 2.19. The van der Waals surface area contributed by atoms with Gasteiger partial charge in [-0.1, -0.05) is 160 Å². The fraction of sp³-hybridized carbons (Fsp3) is 0.472. The molecule has 0 saturated carbocycles. The maximum absolute atomic E-state index is 12.3. The first-order valence-corrected chi connectivity index (χ1v) is 30.9. The number of unbranched alkanes of at least 4 members (excludes halogenated alkanes) is 8. The van der Waals surface area contributed by atoms with Crippen LogP contribution in [0.2, 0.25) is 0 Å². The zero-order valence-corrected chi connectivity index (χ0v) is 51.3. The smallest absolute Gasteiger partial charge is 0.416 e. The van der Waals surface area contributed by atoms with Crippen molar-refractivity contribution in [2.24, 2.45) is 0 Å². The third-order valence-electron chi connectivity index (χ3n) is 15.4. The van der Waals surface area contributed by atoms with Crippen molar-refractivity contribution in [1.29, 1.82) is 0 Å². The fourth-order valence-electron chi connectivity index (χ4n) is 11.0. The normalized spacial score (nSPS) is 12.3. The van der Waals surface area contributed by atoms with Crippen molar-refractivity contribution in [3.05, 3.63) is 191 Å². The average Bonchev–Trinajstić information content (AvgIpc) is 3.69. The van der Waals surface area contributed by atoms with Crippen LogP contribution in [0.5, 0.6) is 23.0 Å². The number of imide groups is 1. The Morgan fingerprint density at radius 1 is 0.386 bits per heavy atom. The van der Waals surface area contributed by atoms with Gasteiger partial charge in [0.05, 0.1) is 26.4 Å². The highest BCUT2D eigenvalue weighted by molar-refractivity contribution is 5.87. The van der Waals surface area contributed by atoms with Gasteiger partial charge in [-0.3, -0.25) is 9.80 Å². The number of hydrogen-bond donors (Lipinski definition) is 1. The Hall–Kier alpha value is -6.82. The molecule has 0 fully saturated rings. The van der Waals surface area contributed by atoms with Gasteiger partial charge in [0, 0.05) is 47.1 Å². The summed E-state index contributed by atoms with van der Waals surface area (Å²) in [5.41, 5.74) is 7.05. The van der Waals surface area contributed by atoms with Gasteiger partial charge in [0.1, 0.15) is 36.2 Å². The quantitative estimate of drug-likeness (QED) is 0.0377. The van der Waals surface area contributed by atoms with Crippen molar-refractivity contribution >= 4 is 12.2 Å². The van der Waals surface area contributed by atoms with Crippen LogP contribution in [0, 0.1) is 0 Å². The molecular weight excluding hydrogens is 1030 g/mol. The third-order valence-corrected chi connectivity index (χ3v) is 15.4. The molecule has 6 rings (SSSR count). The largest absolute Gasteiger partial charge is 0.494 e. The number of rotatable bonds is 38. The molecule has 0 aromatic heterocycles. The molecule has 0 radical (unpaired) electrons. The second-order valence-corrected chi connectivity index (χ2v) is 22.9. The van der Waals surface area contributed by atoms with Gasteiger partial charge in [0.15, 0.2) is 0 Å². The van der Waals surface area contributed by atoms with E-state index in [1.165, 1.54) is 11.1 Å². The molecule has 11 heteroatoms. The van der Waals surface area contributed by atoms with Crippen molar-refractivity contribution in [3.8, 4) is 23.0 Å². The first-order chi connectivity index (χ1) is 40.4. The molecule has 0 aliphatic carbocycles. The van der Waals surface area contributed by atoms with E-state index in [0.717, 1.165) is 123 Å². The number of ether oxygens (including phenoxy) is 6. The van der Waals surface area contributed by atoms with Gasteiger partial charge >= 0.3 is 12.2 Å². The maximum Gasteiger partial charge on any atom is 0.416 e. The number of benzene rings is 6. The molecule has 0 spiro atoms. The van der Waals surface area contributed by atoms with Crippen molar-refractivity contribution < 1.29 is 38.0 Å². The highest BCUT2D eigenvalue weighted by Gasteiger charge is 2.25. The summed E-state index contributed by atoms with van der Waals surface area (Å²) >= 11 is 0. The van der Waals surface area contributed by atoms with Crippen molar-refractivity contribution in [1.82, 2.24) is 15.1 Å². The molecule has 11 nitrogen and oxygen atoms in total. The van der Waals surface area contributed by atoms with E-state index in [4.69, 9.17) is 28.4 Å². The van der Waals surface area contributed by atoms with Crippen LogP contribution in [0.1, 0.15) is 178 Å². The molecule has 6 aromatic carbocycles. The van der Waals surface area contributed by atoms with Crippen LogP contribution < -0.4 is 24.3 Å². The van der Waals surface area contributed by atoms with Crippen molar-refractivity contribution in [2.75, 3.05) is 39.5 Å². The minimum Gasteiger partial charge on any atom is -0.494 e. The second-order valence-electron chi connectivity index (χ2n) is 22.9. The summed E-state index contributed by atoms with van der Waals surface area (Å²) in [4.78, 5) is 29.8. The summed E-state index contributed by atoms with van der Waals surface area (Å²) in [6.45, 7) is 22.7. The number of nitrogens with one attached hydrogen (secondary N) is 1. The van der Waals surface area contributed by atoms with Gasteiger partial charge in [0.2, 0.25) is 0 Å². The van der Waals surface area contributed by atoms with E-state index in [0.29, 0.717) is 63.4 Å². The van der Waals surface area contributed by atoms with Crippen LogP contribution in [0.4, 0.5) is 9.59 Å². The number of carbonyl (C=O) groups is 2. The minimum absolute atomic E-state index is 0.125. The van der Waals surface area contributed by atoms with Gasteiger partial charge in [-0.15, -0.1) is 0 Å². The number of carbonyl (C=O) groups excluding carboxylic acids is 2. The zero-order chi connectivity index (χ0) is 59.0. The highest BCUT2D eigenvalue weighted by atomic mass is 16.6. The SMILES string of the molecule is CC(C)N(CC[C@H](c1ccccc1)c1cc(OCCCCCCCOC(=O)NC(=O)OCCCCCCCOc2ccc(OCc3ccccc3)c([C@H](CCN(C(C)C)C(C)C)c3ccccc3)c2)ccc1OCc1ccccc1)C(C)C. The molecule has 0 aliphatic heterocycles. The van der Waals surface area contributed by atoms with Crippen LogP contribution >= 0.6 is 0 Å². The van der Waals surface area contributed by atoms with Gasteiger partial charge in [-0.05, 0) is 166 Å². The lowest BCUT2D eigenvalue weighted by Crippen LogP contribution is -2.38. The summed E-state index contributed by atoms with van der Waals surface area (Å²) in [6, 6.07) is 56.4. The minimum atomic E-state index is -0.785. The maximum atomic E-state index is 12.3. The average molecular weight is 1130 g/mol. The van der Waals surface area contributed by atoms with E-state index >= 15 is 0 Å². The molecule has 6 aromatic rings. The lowest BCUT2D eigenvalue weighted by Gasteiger charge is -2.32. The molecule has 1 N–H and O–H groups in total. The Balaban J connectivity index is 0.854. The van der Waals surface area contributed by atoms with Crippen LogP contribution in [0.15, 0.2) is 158 Å². The van der Waals surface area contributed by atoms with Crippen LogP contribution in [0.3, 0.4) is 0 Å². The molecule has 0 saturated heterocycles. The van der Waals surface area contributed by atoms with E-state index in [1.807, 2.05) is 48.5 Å². The van der Waals surface area contributed by atoms with E-state index in [1.54, 1.807) is 0 Å². The van der Waals surface area contributed by atoms with Crippen molar-refractivity contribution in [2.45, 2.75) is 182 Å². The van der Waals surface area contributed by atoms with E-state index in [9.17, 15) is 9.59 Å². The lowest BCUT2D eigenvalue weighted by molar-refractivity contribution is 0.122. The Morgan fingerprint density at radius 2 is 0.711 bits per heavy atom. The summed E-state index contributed by atoms with van der Waals surface area (Å²) in [6.07, 6.45) is 9.25. The molecule has 2 atom stereocenters. The monoisotopic (exact) mass is 1130 g/mol. The number of hydrogen-bond acceptors (Lipinski definition) is 10. The molecule has 0 bridgehead atoms. The molecule has 0 heterocycles. The summed E-state index contributed by atoms with van der Waals surface area (Å²) in [7, 11) is 0. The molecule has 0 unspecified atom stereocenters. The molecular formula is C72H97N3O8. The third kappa shape index (κ3) is 23.4. The van der Waals surface area contributed by atoms with Gasteiger partial charge in [0.25, 0.3) is 0 Å². The summed E-state index contributed by atoms with van der Waals surface area (Å²) in [5.74, 6) is 3.68. The van der Waals surface area contributed by atoms with E-state index in [2.05, 4.69) is 180 Å². The Bertz CT molecular complexity index is 2520. The Kier molecular flexibility index (Phi) is 28.9. The van der Waals surface area contributed by atoms with E-state index in [-0.39, 0.29) is 25.0 Å². The van der Waals surface area contributed by atoms with Crippen LogP contribution in [0.25, 0.3) is 0 Å². The zero-order valence-electron chi connectivity index (χ0n) is 51.3. The standard InChI is InChI=1S/C72H97N3O8/c1-55(2)74(56(3)4)45-43-65(61-35-23-17-24-36-61)67-51-63(39-41-69(67)82-53-59-31-19-15-20-32-59)78-47-27-11-9-13-29-49-80-71(76)73-72(77)81-50-30-14-10-12-28-48-79-64-40-42-70(83-54-60-33-21-16-22-34-60)68(52-64)66(62-37-25-18-26-38-62)44-46-75(57(5)6)58(7)8/h15-26,31-42,51-52,55-58,65-66H,9-14,27-30,43-50,53-54H2,1-8H3,(H,73,76,77)/t65-,66-/m1/s1. The Morgan fingerprint density at radius 3 is 1.06 bits per heavy atom. The second kappa shape index (κ2) is 36.7. The van der Waals surface area contributed by atoms with Crippen molar-refractivity contribution in [3.63, 3.8) is 0 Å². The predicted octanol–water partition coefficient (Wildman–Crippen LogP) is 17.3. The molecule has 83 heavy (non-hydrogen) atoms. The molecule has 448 valence electrons. The predicted molar refractivity (Wildman–Crippen MR) is 337 cm³/mol. The lowest BCUT2D eigenvalue weighted by atomic mass is 9.87. The van der Waals surface area contributed by atoms with Gasteiger partial charge in [-0.2, -0.15) is 0 Å². The number of alkyl carbamates (subject to hydrolysis) is 2. The Labute approximate surface area is 498 Å². The molecule has 2 amide bonds. The number of amides is 2. The van der Waals surface area contributed by atoms with E-state index < -0.39 is 12.2 Å². The van der Waals surface area contributed by atoms with Crippen LogP contribution in [-0.2, 0) is 22.7 Å². The first-order valence-electron chi connectivity index (χ1n) is 30.9. The first kappa shape index (κ1) is 65.3. The fourth-order valence-corrected chi connectivity index (χ4v) is 11.0. The summed E-state index contributed by atoms with van der Waals surface area (Å²) < 4.78 is 36.4. The highest BCUT2D eigenvalue weighted by Crippen LogP contribution is 2.40.